The van der Waals surface area contributed by atoms with Gasteiger partial charge in [-0.3, -0.25) is 9.36 Å². The van der Waals surface area contributed by atoms with E-state index in [1.165, 1.54) is 37.5 Å². The number of fused-ring (bicyclic) bond motifs is 1. The molecule has 1 aromatic heterocycles. The van der Waals surface area contributed by atoms with Gasteiger partial charge in [-0.25, -0.2) is 0 Å². The van der Waals surface area contributed by atoms with Gasteiger partial charge in [-0.2, -0.15) is 0 Å². The first-order valence-electron chi connectivity index (χ1n) is 11.9. The van der Waals surface area contributed by atoms with Crippen molar-refractivity contribution in [3.8, 4) is 16.8 Å². The summed E-state index contributed by atoms with van der Waals surface area (Å²) in [5, 5.41) is 10.3. The maximum atomic E-state index is 13.0. The van der Waals surface area contributed by atoms with Crippen LogP contribution in [0.5, 0.6) is 0 Å². The second-order valence-electron chi connectivity index (χ2n) is 9.04. The molecule has 0 spiro atoms. The van der Waals surface area contributed by atoms with Crippen LogP contribution in [-0.4, -0.2) is 48.9 Å². The number of nitrogens with one attached hydrogen (secondary N) is 1. The monoisotopic (exact) mass is 450 g/mol. The van der Waals surface area contributed by atoms with Gasteiger partial charge in [-0.15, -0.1) is 0 Å². The lowest BCUT2D eigenvalue weighted by Crippen LogP contribution is -2.31. The number of anilines is 1. The summed E-state index contributed by atoms with van der Waals surface area (Å²) in [5.74, 6) is 0. The van der Waals surface area contributed by atoms with Crippen LogP contribution in [-0.2, 0) is 0 Å². The van der Waals surface area contributed by atoms with Crippen LogP contribution in [0.1, 0.15) is 18.4 Å². The molecule has 0 atom stereocenters. The van der Waals surface area contributed by atoms with E-state index in [0.717, 1.165) is 46.5 Å². The van der Waals surface area contributed by atoms with Crippen LogP contribution in [0.25, 0.3) is 27.6 Å². The van der Waals surface area contributed by atoms with E-state index >= 15 is 0 Å². The van der Waals surface area contributed by atoms with E-state index < -0.39 is 0 Å². The molecule has 5 heteroatoms. The van der Waals surface area contributed by atoms with Crippen LogP contribution < -0.4 is 10.5 Å². The van der Waals surface area contributed by atoms with E-state index in [1.54, 1.807) is 10.6 Å². The zero-order chi connectivity index (χ0) is 23.5. The van der Waals surface area contributed by atoms with Gasteiger partial charge in [-0.1, -0.05) is 36.4 Å². The van der Waals surface area contributed by atoms with Crippen molar-refractivity contribution in [1.82, 2.24) is 9.47 Å². The lowest BCUT2D eigenvalue weighted by atomic mass is 10.0. The van der Waals surface area contributed by atoms with Gasteiger partial charge in [0, 0.05) is 55.6 Å². The van der Waals surface area contributed by atoms with Gasteiger partial charge in [-0.05, 0) is 78.2 Å². The summed E-state index contributed by atoms with van der Waals surface area (Å²) in [6.07, 6.45) is 5.78. The lowest BCUT2D eigenvalue weighted by molar-refractivity contribution is 0.346. The van der Waals surface area contributed by atoms with Gasteiger partial charge in [0.25, 0.3) is 5.56 Å². The minimum atomic E-state index is -0.0864. The average Bonchev–Trinajstić information content (AvgIpc) is 3.40. The molecule has 0 aliphatic carbocycles. The molecule has 3 aromatic carbocycles. The molecule has 5 nitrogen and oxygen atoms in total. The molecular formula is C29H30N4O. The molecule has 0 radical (unpaired) electrons. The Hall–Kier alpha value is -3.70. The zero-order valence-corrected chi connectivity index (χ0v) is 19.6. The van der Waals surface area contributed by atoms with Crippen LogP contribution in [0.15, 0.2) is 83.8 Å². The number of hydrogen-bond donors (Lipinski definition) is 1. The molecule has 34 heavy (non-hydrogen) atoms. The summed E-state index contributed by atoms with van der Waals surface area (Å²) >= 11 is 0. The lowest BCUT2D eigenvalue weighted by Gasteiger charge is -2.25. The molecule has 0 saturated carbocycles. The summed E-state index contributed by atoms with van der Waals surface area (Å²) < 4.78 is 1.64. The Morgan fingerprint density at radius 3 is 2.44 bits per heavy atom. The number of aromatic nitrogens is 1. The number of likely N-dealkylation sites (tertiary alicyclic amines) is 1. The van der Waals surface area contributed by atoms with Gasteiger partial charge in [0.15, 0.2) is 0 Å². The molecular weight excluding hydrogens is 420 g/mol. The Labute approximate surface area is 200 Å². The number of pyridine rings is 1. The molecule has 1 aliphatic heterocycles. The van der Waals surface area contributed by atoms with Crippen molar-refractivity contribution < 1.29 is 0 Å². The molecule has 0 unspecified atom stereocenters. The first-order chi connectivity index (χ1) is 16.6. The first kappa shape index (κ1) is 22.1. The minimum absolute atomic E-state index is 0.0864. The SMILES string of the molecule is CN(CCN1CCCC1)c1ccc(-n2ccc(-c3ccc4ccccc4c3)cc2=O)cc1C=N. The van der Waals surface area contributed by atoms with Crippen LogP contribution >= 0.6 is 0 Å². The zero-order valence-electron chi connectivity index (χ0n) is 19.6. The Morgan fingerprint density at radius 2 is 1.68 bits per heavy atom. The van der Waals surface area contributed by atoms with Gasteiger partial charge >= 0.3 is 0 Å². The molecule has 4 aromatic rings. The van der Waals surface area contributed by atoms with Gasteiger partial charge < -0.3 is 15.2 Å². The second kappa shape index (κ2) is 9.65. The van der Waals surface area contributed by atoms with E-state index in [2.05, 4.69) is 47.2 Å². The van der Waals surface area contributed by atoms with Crippen molar-refractivity contribution in [1.29, 1.82) is 5.41 Å². The number of benzene rings is 3. The third kappa shape index (κ3) is 4.52. The Kier molecular flexibility index (Phi) is 6.28. The van der Waals surface area contributed by atoms with E-state index in [-0.39, 0.29) is 5.56 Å². The number of likely N-dealkylation sites (N-methyl/N-ethyl adjacent to an activating group) is 1. The van der Waals surface area contributed by atoms with Crippen LogP contribution in [0.4, 0.5) is 5.69 Å². The second-order valence-corrected chi connectivity index (χ2v) is 9.04. The standard InChI is InChI=1S/C29H30N4O/c1-31(16-17-32-13-4-5-14-32)28-11-10-27(19-26(28)21-30)33-15-12-25(20-29(33)34)24-9-8-22-6-2-3-7-23(22)18-24/h2-3,6-12,15,18-21,30H,4-5,13-14,16-17H2,1H3. The molecule has 2 heterocycles. The maximum Gasteiger partial charge on any atom is 0.255 e. The van der Waals surface area contributed by atoms with Crippen LogP contribution in [0.2, 0.25) is 0 Å². The van der Waals surface area contributed by atoms with E-state index in [1.807, 2.05) is 42.6 Å². The Balaban J connectivity index is 1.39. The predicted molar refractivity (Wildman–Crippen MR) is 142 cm³/mol. The Bertz CT molecular complexity index is 1380. The van der Waals surface area contributed by atoms with Gasteiger partial charge in [0.2, 0.25) is 0 Å². The third-order valence-corrected chi connectivity index (χ3v) is 6.81. The quantitative estimate of drug-likeness (QED) is 0.395. The highest BCUT2D eigenvalue weighted by Gasteiger charge is 2.14. The predicted octanol–water partition coefficient (Wildman–Crippen LogP) is 5.19. The van der Waals surface area contributed by atoms with Gasteiger partial charge in [0.05, 0.1) is 0 Å². The Morgan fingerprint density at radius 1 is 0.912 bits per heavy atom. The molecule has 0 bridgehead atoms. The molecule has 1 N–H and O–H groups in total. The summed E-state index contributed by atoms with van der Waals surface area (Å²) in [4.78, 5) is 17.7. The molecule has 172 valence electrons. The van der Waals surface area contributed by atoms with E-state index in [4.69, 9.17) is 5.41 Å². The normalized spacial score (nSPS) is 13.9. The largest absolute Gasteiger partial charge is 0.373 e. The van der Waals surface area contributed by atoms with Crippen LogP contribution in [0, 0.1) is 5.41 Å². The highest BCUT2D eigenvalue weighted by Crippen LogP contribution is 2.25. The molecule has 1 aliphatic rings. The molecule has 0 amide bonds. The molecule has 5 rings (SSSR count). The maximum absolute atomic E-state index is 13.0. The first-order valence-corrected chi connectivity index (χ1v) is 11.9. The number of rotatable bonds is 7. The topological polar surface area (TPSA) is 52.3 Å². The van der Waals surface area contributed by atoms with Crippen LogP contribution in [0.3, 0.4) is 0 Å². The highest BCUT2D eigenvalue weighted by molar-refractivity contribution is 5.88. The number of nitrogens with zero attached hydrogens (tertiary/aromatic N) is 3. The number of hydrogen-bond acceptors (Lipinski definition) is 4. The van der Waals surface area contributed by atoms with Crippen molar-refractivity contribution in [3.63, 3.8) is 0 Å². The van der Waals surface area contributed by atoms with Crippen molar-refractivity contribution in [2.75, 3.05) is 38.1 Å². The fourth-order valence-corrected chi connectivity index (χ4v) is 4.81. The van der Waals surface area contributed by atoms with E-state index in [9.17, 15) is 4.79 Å². The van der Waals surface area contributed by atoms with E-state index in [0.29, 0.717) is 0 Å². The average molecular weight is 451 g/mol. The minimum Gasteiger partial charge on any atom is -0.373 e. The summed E-state index contributed by atoms with van der Waals surface area (Å²) in [5.41, 5.74) is 4.43. The summed E-state index contributed by atoms with van der Waals surface area (Å²) in [6, 6.07) is 24.1. The molecule has 1 saturated heterocycles. The smallest absolute Gasteiger partial charge is 0.255 e. The fraction of sp³-hybridized carbons (Fsp3) is 0.241. The highest BCUT2D eigenvalue weighted by atomic mass is 16.1. The fourth-order valence-electron chi connectivity index (χ4n) is 4.81. The summed E-state index contributed by atoms with van der Waals surface area (Å²) in [6.45, 7) is 4.32. The molecule has 1 fully saturated rings. The van der Waals surface area contributed by atoms with Gasteiger partial charge in [0.1, 0.15) is 0 Å². The van der Waals surface area contributed by atoms with Crippen molar-refractivity contribution in [3.05, 3.63) is 94.9 Å². The van der Waals surface area contributed by atoms with Crippen molar-refractivity contribution in [2.45, 2.75) is 12.8 Å². The van der Waals surface area contributed by atoms with Crippen molar-refractivity contribution in [2.24, 2.45) is 0 Å². The third-order valence-electron chi connectivity index (χ3n) is 6.81. The van der Waals surface area contributed by atoms with Crippen molar-refractivity contribution >= 4 is 22.7 Å². The summed E-state index contributed by atoms with van der Waals surface area (Å²) in [7, 11) is 2.07.